The van der Waals surface area contributed by atoms with Crippen LogP contribution in [0.1, 0.15) is 49.9 Å². The lowest BCUT2D eigenvalue weighted by atomic mass is 10.0. The SMILES string of the molecule is CC(F)(F)c1cc(NC(=O)c2cc(Br)ccc2O)cc(C(F)(F)F)c1.O=C(Nc1cc(C(F)(F)F)cc(C(F)(F)F)c1)c1cc(Cl)ccc1O. The number of rotatable bonds is 5. The van der Waals surface area contributed by atoms with Gasteiger partial charge in [-0.15, -0.1) is 0 Å². The molecule has 2 amide bonds. The number of hydrogen-bond acceptors (Lipinski definition) is 4. The number of carbonyl (C=O) groups excluding carboxylic acids is 2. The maximum Gasteiger partial charge on any atom is 0.416 e. The molecule has 0 saturated carbocycles. The Balaban J connectivity index is 0.000000270. The van der Waals surface area contributed by atoms with E-state index in [0.29, 0.717) is 35.7 Å². The maximum atomic E-state index is 13.5. The monoisotopic (exact) mass is 806 g/mol. The standard InChI is InChI=1S/C16H11BrF5NO2.C15H8ClF6NO2/c1-15(18,19)8-4-9(16(20,21)22)6-11(5-8)23-14(25)12-7-10(17)2-3-13(12)24;16-9-1-2-12(24)11(6-9)13(25)23-10-4-7(14(17,18)19)3-8(5-10)15(20,21)22/h2-7,24H,1H3,(H,23,25);1-6,24H,(H,23,25). The number of anilines is 2. The quantitative estimate of drug-likeness (QED) is 0.151. The van der Waals surface area contributed by atoms with E-state index < -0.39 is 87.0 Å². The first-order valence-corrected chi connectivity index (χ1v) is 14.4. The van der Waals surface area contributed by atoms with Gasteiger partial charge in [0, 0.05) is 33.4 Å². The van der Waals surface area contributed by atoms with Crippen LogP contribution in [-0.4, -0.2) is 22.0 Å². The second-order valence-electron chi connectivity index (χ2n) is 10.2. The Bertz CT molecular complexity index is 1710. The number of phenols is 2. The van der Waals surface area contributed by atoms with Gasteiger partial charge in [0.1, 0.15) is 11.5 Å². The van der Waals surface area contributed by atoms with Gasteiger partial charge in [0.25, 0.3) is 17.7 Å². The van der Waals surface area contributed by atoms with Crippen molar-refractivity contribution in [3.63, 3.8) is 0 Å². The van der Waals surface area contributed by atoms with Crippen LogP contribution >= 0.6 is 27.5 Å². The fourth-order valence-electron chi connectivity index (χ4n) is 3.92. The molecule has 0 aliphatic rings. The first-order valence-electron chi connectivity index (χ1n) is 13.3. The largest absolute Gasteiger partial charge is 0.507 e. The smallest absolute Gasteiger partial charge is 0.416 e. The average molecular weight is 808 g/mol. The van der Waals surface area contributed by atoms with Crippen molar-refractivity contribution >= 4 is 50.7 Å². The molecular weight excluding hydrogens is 789 g/mol. The summed E-state index contributed by atoms with van der Waals surface area (Å²) in [6.45, 7) is 0.453. The van der Waals surface area contributed by atoms with Gasteiger partial charge in [0.15, 0.2) is 0 Å². The summed E-state index contributed by atoms with van der Waals surface area (Å²) in [5, 5.41) is 23.3. The molecule has 4 N–H and O–H groups in total. The topological polar surface area (TPSA) is 98.7 Å². The predicted molar refractivity (Wildman–Crippen MR) is 162 cm³/mol. The third-order valence-corrected chi connectivity index (χ3v) is 7.01. The minimum absolute atomic E-state index is 0.0444. The van der Waals surface area contributed by atoms with Crippen molar-refractivity contribution in [2.24, 2.45) is 0 Å². The zero-order valence-corrected chi connectivity index (χ0v) is 26.9. The van der Waals surface area contributed by atoms with Gasteiger partial charge in [-0.05, 0) is 72.8 Å². The van der Waals surface area contributed by atoms with Gasteiger partial charge >= 0.3 is 18.5 Å². The highest BCUT2D eigenvalue weighted by Gasteiger charge is 2.37. The summed E-state index contributed by atoms with van der Waals surface area (Å²) in [4.78, 5) is 24.2. The van der Waals surface area contributed by atoms with E-state index in [2.05, 4.69) is 21.2 Å². The molecule has 50 heavy (non-hydrogen) atoms. The zero-order valence-electron chi connectivity index (χ0n) is 24.6. The lowest BCUT2D eigenvalue weighted by molar-refractivity contribution is -0.143. The number of nitrogens with one attached hydrogen (secondary N) is 2. The van der Waals surface area contributed by atoms with Crippen LogP contribution in [-0.2, 0) is 24.5 Å². The van der Waals surface area contributed by atoms with Crippen molar-refractivity contribution in [3.05, 3.63) is 116 Å². The lowest BCUT2D eigenvalue weighted by Crippen LogP contribution is -2.16. The second-order valence-corrected chi connectivity index (χ2v) is 11.6. The van der Waals surface area contributed by atoms with Gasteiger partial charge in [-0.2, -0.15) is 39.5 Å². The minimum Gasteiger partial charge on any atom is -0.507 e. The van der Waals surface area contributed by atoms with Crippen LogP contribution in [0.25, 0.3) is 0 Å². The van der Waals surface area contributed by atoms with E-state index >= 15 is 0 Å². The van der Waals surface area contributed by atoms with Crippen LogP contribution in [0.4, 0.5) is 59.7 Å². The van der Waals surface area contributed by atoms with E-state index in [0.717, 1.165) is 18.2 Å². The molecule has 0 bridgehead atoms. The van der Waals surface area contributed by atoms with Crippen molar-refractivity contribution in [2.45, 2.75) is 31.4 Å². The van der Waals surface area contributed by atoms with Gasteiger partial charge in [-0.25, -0.2) is 8.78 Å². The Morgan fingerprint density at radius 1 is 0.580 bits per heavy atom. The van der Waals surface area contributed by atoms with Crippen LogP contribution in [0.3, 0.4) is 0 Å². The summed E-state index contributed by atoms with van der Waals surface area (Å²) < 4.78 is 143. The molecule has 0 aliphatic heterocycles. The van der Waals surface area contributed by atoms with E-state index in [4.69, 9.17) is 11.6 Å². The molecule has 4 aromatic rings. The van der Waals surface area contributed by atoms with Crippen molar-refractivity contribution in [3.8, 4) is 11.5 Å². The number of aromatic hydroxyl groups is 2. The molecule has 0 unspecified atom stereocenters. The summed E-state index contributed by atoms with van der Waals surface area (Å²) in [5.41, 5.74) is -7.19. The van der Waals surface area contributed by atoms with Crippen molar-refractivity contribution in [2.75, 3.05) is 10.6 Å². The van der Waals surface area contributed by atoms with Crippen LogP contribution in [0.15, 0.2) is 77.3 Å². The summed E-state index contributed by atoms with van der Waals surface area (Å²) in [7, 11) is 0. The third kappa shape index (κ3) is 10.7. The third-order valence-electron chi connectivity index (χ3n) is 6.28. The number of alkyl halides is 11. The van der Waals surface area contributed by atoms with Crippen molar-refractivity contribution in [1.82, 2.24) is 0 Å². The Morgan fingerprint density at radius 2 is 0.940 bits per heavy atom. The number of benzene rings is 4. The van der Waals surface area contributed by atoms with Gasteiger partial charge in [-0.1, -0.05) is 27.5 Å². The number of halogens is 13. The van der Waals surface area contributed by atoms with E-state index in [1.54, 1.807) is 0 Å². The maximum absolute atomic E-state index is 13.5. The number of hydrogen-bond donors (Lipinski definition) is 4. The molecule has 268 valence electrons. The van der Waals surface area contributed by atoms with E-state index in [1.165, 1.54) is 24.3 Å². The first-order chi connectivity index (χ1) is 22.8. The molecule has 19 heteroatoms. The van der Waals surface area contributed by atoms with Gasteiger partial charge in [-0.3, -0.25) is 9.59 Å². The number of amides is 2. The molecule has 0 radical (unpaired) electrons. The molecule has 4 rings (SSSR count). The van der Waals surface area contributed by atoms with Crippen molar-refractivity contribution in [1.29, 1.82) is 0 Å². The van der Waals surface area contributed by atoms with Gasteiger partial charge < -0.3 is 20.8 Å². The molecule has 0 spiro atoms. The Morgan fingerprint density at radius 3 is 1.34 bits per heavy atom. The highest BCUT2D eigenvalue weighted by atomic mass is 79.9. The molecule has 4 aromatic carbocycles. The number of carbonyl (C=O) groups is 2. The van der Waals surface area contributed by atoms with Crippen LogP contribution in [0.2, 0.25) is 5.02 Å². The lowest BCUT2D eigenvalue weighted by Gasteiger charge is -2.17. The molecular formula is C31H19BrClF11N2O4. The fourth-order valence-corrected chi connectivity index (χ4v) is 4.45. The minimum atomic E-state index is -5.04. The summed E-state index contributed by atoms with van der Waals surface area (Å²) in [6, 6.07) is 9.50. The predicted octanol–water partition coefficient (Wildman–Crippen LogP) is 10.9. The highest BCUT2D eigenvalue weighted by Crippen LogP contribution is 2.39. The molecule has 0 aromatic heterocycles. The van der Waals surface area contributed by atoms with Crippen LogP contribution in [0.5, 0.6) is 11.5 Å². The van der Waals surface area contributed by atoms with Gasteiger partial charge in [0.2, 0.25) is 0 Å². The summed E-state index contributed by atoms with van der Waals surface area (Å²) in [5.74, 6) is -6.53. The number of phenolic OH excluding ortho intramolecular Hbond substituents is 2. The molecule has 6 nitrogen and oxygen atoms in total. The Hall–Kier alpha value is -4.58. The first kappa shape index (κ1) is 39.9. The van der Waals surface area contributed by atoms with E-state index in [1.807, 2.05) is 5.32 Å². The van der Waals surface area contributed by atoms with E-state index in [-0.39, 0.29) is 16.7 Å². The summed E-state index contributed by atoms with van der Waals surface area (Å²) in [6.07, 6.45) is -14.9. The van der Waals surface area contributed by atoms with Crippen LogP contribution < -0.4 is 10.6 Å². The molecule has 0 aliphatic carbocycles. The summed E-state index contributed by atoms with van der Waals surface area (Å²) >= 11 is 8.73. The highest BCUT2D eigenvalue weighted by molar-refractivity contribution is 9.10. The molecule has 0 saturated heterocycles. The molecule has 0 fully saturated rings. The second kappa shape index (κ2) is 14.7. The van der Waals surface area contributed by atoms with Crippen LogP contribution in [0, 0.1) is 0 Å². The average Bonchev–Trinajstić information content (AvgIpc) is 2.97. The Kier molecular flexibility index (Phi) is 11.7. The Labute approximate surface area is 287 Å². The van der Waals surface area contributed by atoms with Crippen molar-refractivity contribution < 1.29 is 68.1 Å². The van der Waals surface area contributed by atoms with E-state index in [9.17, 15) is 68.1 Å². The molecule has 0 heterocycles. The fraction of sp³-hybridized carbons (Fsp3) is 0.161. The van der Waals surface area contributed by atoms with Gasteiger partial charge in [0.05, 0.1) is 27.8 Å². The normalized spacial score (nSPS) is 12.1. The molecule has 0 atom stereocenters. The zero-order chi connectivity index (χ0) is 38.0.